The second-order valence-corrected chi connectivity index (χ2v) is 3.25. The van der Waals surface area contributed by atoms with Crippen molar-refractivity contribution < 1.29 is 4.74 Å². The van der Waals surface area contributed by atoms with E-state index in [4.69, 9.17) is 4.74 Å². The fraction of sp³-hybridized carbons (Fsp3) is 0.857. The topological polar surface area (TPSA) is 9.23 Å². The SMILES string of the molecule is CCCCCCOC(=S)S.[CaH2]. The summed E-state index contributed by atoms with van der Waals surface area (Å²) < 4.78 is 5.34. The minimum atomic E-state index is 0. The predicted octanol–water partition coefficient (Wildman–Crippen LogP) is 1.88. The van der Waals surface area contributed by atoms with Crippen molar-refractivity contribution in [3.05, 3.63) is 0 Å². The summed E-state index contributed by atoms with van der Waals surface area (Å²) in [5.41, 5.74) is 0. The molecular weight excluding hydrogens is 204 g/mol. The Labute approximate surface area is 110 Å². The van der Waals surface area contributed by atoms with Crippen LogP contribution in [0, 0.1) is 0 Å². The van der Waals surface area contributed by atoms with E-state index in [1.165, 1.54) is 19.3 Å². The average Bonchev–Trinajstić information content (AvgIpc) is 1.87. The van der Waals surface area contributed by atoms with Crippen molar-refractivity contribution in [2.75, 3.05) is 6.61 Å². The number of hydrogen-bond donors (Lipinski definition) is 1. The van der Waals surface area contributed by atoms with Gasteiger partial charge in [-0.25, -0.2) is 0 Å². The second-order valence-electron chi connectivity index (χ2n) is 2.18. The quantitative estimate of drug-likeness (QED) is 0.328. The van der Waals surface area contributed by atoms with Crippen molar-refractivity contribution in [1.29, 1.82) is 0 Å². The number of thiol groups is 1. The van der Waals surface area contributed by atoms with E-state index in [-0.39, 0.29) is 37.7 Å². The zero-order valence-electron chi connectivity index (χ0n) is 6.30. The maximum atomic E-state index is 4.98. The Hall–Kier alpha value is 1.50. The van der Waals surface area contributed by atoms with Gasteiger partial charge in [-0.05, 0) is 18.6 Å². The standard InChI is InChI=1S/C7H14OS2.Ca.2H/c1-2-3-4-5-6-8-7(9)10;;;/h2-6H2,1H3,(H,9,10);;;. The van der Waals surface area contributed by atoms with Crippen LogP contribution in [-0.2, 0) is 4.74 Å². The molecule has 4 heteroatoms. The Balaban J connectivity index is 0. The van der Waals surface area contributed by atoms with Gasteiger partial charge >= 0.3 is 37.7 Å². The molecule has 0 spiro atoms. The van der Waals surface area contributed by atoms with Crippen LogP contribution in [0.25, 0.3) is 0 Å². The van der Waals surface area contributed by atoms with E-state index < -0.39 is 0 Å². The molecule has 0 unspecified atom stereocenters. The van der Waals surface area contributed by atoms with Crippen molar-refractivity contribution in [2.24, 2.45) is 0 Å². The van der Waals surface area contributed by atoms with Crippen molar-refractivity contribution >= 4 is 67.0 Å². The van der Waals surface area contributed by atoms with E-state index in [2.05, 4.69) is 31.8 Å². The summed E-state index contributed by atoms with van der Waals surface area (Å²) in [6.07, 6.45) is 4.86. The summed E-state index contributed by atoms with van der Waals surface area (Å²) in [5.74, 6) is 0. The van der Waals surface area contributed by atoms with Crippen molar-refractivity contribution in [3.8, 4) is 0 Å². The summed E-state index contributed by atoms with van der Waals surface area (Å²) >= 11 is 8.45. The molecule has 0 aliphatic rings. The summed E-state index contributed by atoms with van der Waals surface area (Å²) in [6.45, 7) is 2.91. The maximum absolute atomic E-state index is 4.98. The van der Waals surface area contributed by atoms with Gasteiger partial charge in [0.2, 0.25) is 4.38 Å². The molecule has 0 radical (unpaired) electrons. The van der Waals surface area contributed by atoms with Crippen molar-refractivity contribution in [2.45, 2.75) is 32.6 Å². The van der Waals surface area contributed by atoms with Gasteiger partial charge in [0.1, 0.15) is 0 Å². The molecule has 0 aliphatic heterocycles. The normalized spacial score (nSPS) is 8.55. The number of hydrogen-bond acceptors (Lipinski definition) is 2. The van der Waals surface area contributed by atoms with Crippen molar-refractivity contribution in [3.63, 3.8) is 0 Å². The molecule has 11 heavy (non-hydrogen) atoms. The fourth-order valence-corrected chi connectivity index (χ4v) is 0.863. The van der Waals surface area contributed by atoms with Gasteiger partial charge in [-0.2, -0.15) is 0 Å². The summed E-state index contributed by atoms with van der Waals surface area (Å²) in [4.78, 5) is 0. The van der Waals surface area contributed by atoms with E-state index in [1.807, 2.05) is 0 Å². The number of thiocarbonyl (C=S) groups is 1. The number of unbranched alkanes of at least 4 members (excludes halogenated alkanes) is 3. The molecule has 0 heterocycles. The average molecular weight is 220 g/mol. The summed E-state index contributed by atoms with van der Waals surface area (Å²) in [6, 6.07) is 0. The molecule has 0 N–H and O–H groups in total. The second kappa shape index (κ2) is 11.5. The molecule has 0 rings (SSSR count). The zero-order valence-corrected chi connectivity index (χ0v) is 8.01. The van der Waals surface area contributed by atoms with Crippen LogP contribution in [0.4, 0.5) is 0 Å². The van der Waals surface area contributed by atoms with Crippen LogP contribution in [0.2, 0.25) is 0 Å². The van der Waals surface area contributed by atoms with Gasteiger partial charge in [0.25, 0.3) is 0 Å². The molecule has 0 saturated carbocycles. The molecule has 0 saturated heterocycles. The molecule has 1 nitrogen and oxygen atoms in total. The van der Waals surface area contributed by atoms with E-state index in [0.717, 1.165) is 13.0 Å². The number of ether oxygens (including phenoxy) is 1. The molecule has 0 aromatic carbocycles. The monoisotopic (exact) mass is 220 g/mol. The van der Waals surface area contributed by atoms with Crippen molar-refractivity contribution in [1.82, 2.24) is 0 Å². The molecule has 0 bridgehead atoms. The van der Waals surface area contributed by atoms with Gasteiger partial charge in [-0.15, -0.1) is 0 Å². The van der Waals surface area contributed by atoms with Crippen LogP contribution in [0.3, 0.4) is 0 Å². The van der Waals surface area contributed by atoms with Gasteiger partial charge in [0, 0.05) is 0 Å². The van der Waals surface area contributed by atoms with Crippen LogP contribution in [0.5, 0.6) is 0 Å². The summed E-state index contributed by atoms with van der Waals surface area (Å²) in [5, 5.41) is 0. The first-order chi connectivity index (χ1) is 4.77. The molecule has 0 aromatic heterocycles. The molecule has 0 atom stereocenters. The minimum absolute atomic E-state index is 0. The third-order valence-corrected chi connectivity index (χ3v) is 1.47. The first-order valence-electron chi connectivity index (χ1n) is 3.63. The third-order valence-electron chi connectivity index (χ3n) is 1.22. The van der Waals surface area contributed by atoms with Crippen LogP contribution < -0.4 is 0 Å². The van der Waals surface area contributed by atoms with Crippen LogP contribution >= 0.6 is 24.8 Å². The number of rotatable bonds is 5. The molecule has 0 fully saturated rings. The predicted molar refractivity (Wildman–Crippen MR) is 60.2 cm³/mol. The first kappa shape index (κ1) is 15.0. The Morgan fingerprint density at radius 3 is 2.45 bits per heavy atom. The Bertz CT molecular complexity index is 98.4. The van der Waals surface area contributed by atoms with Crippen LogP contribution in [-0.4, -0.2) is 48.7 Å². The van der Waals surface area contributed by atoms with E-state index >= 15 is 0 Å². The van der Waals surface area contributed by atoms with Gasteiger partial charge in [0.05, 0.1) is 6.61 Å². The van der Waals surface area contributed by atoms with Gasteiger partial charge in [0.15, 0.2) is 0 Å². The Morgan fingerprint density at radius 2 is 2.00 bits per heavy atom. The molecule has 0 aliphatic carbocycles. The van der Waals surface area contributed by atoms with Crippen LogP contribution in [0.1, 0.15) is 32.6 Å². The molecule has 0 amide bonds. The van der Waals surface area contributed by atoms with Gasteiger partial charge in [-0.3, -0.25) is 0 Å². The van der Waals surface area contributed by atoms with E-state index in [1.54, 1.807) is 0 Å². The third kappa shape index (κ3) is 14.4. The molecule has 64 valence electrons. The Kier molecular flexibility index (Phi) is 15.7. The van der Waals surface area contributed by atoms with Gasteiger partial charge in [-0.1, -0.05) is 38.8 Å². The fourth-order valence-electron chi connectivity index (χ4n) is 0.688. The first-order valence-corrected chi connectivity index (χ1v) is 4.48. The van der Waals surface area contributed by atoms with E-state index in [0.29, 0.717) is 4.38 Å². The molecular formula is C7H16CaOS2. The zero-order chi connectivity index (χ0) is 7.82. The Morgan fingerprint density at radius 1 is 1.36 bits per heavy atom. The van der Waals surface area contributed by atoms with E-state index in [9.17, 15) is 0 Å². The molecule has 0 aromatic rings. The van der Waals surface area contributed by atoms with Crippen LogP contribution in [0.15, 0.2) is 0 Å². The summed E-state index contributed by atoms with van der Waals surface area (Å²) in [7, 11) is 0. The van der Waals surface area contributed by atoms with Gasteiger partial charge < -0.3 is 4.74 Å².